The molecule has 2 aromatic rings. The quantitative estimate of drug-likeness (QED) is 0.698. The largest absolute Gasteiger partial charge is 0.323 e. The van der Waals surface area contributed by atoms with Gasteiger partial charge >= 0.3 is 0 Å². The minimum absolute atomic E-state index is 0.0428. The molecule has 2 rings (SSSR count). The maximum Gasteiger partial charge on any atom is 0.241 e. The first kappa shape index (κ1) is 18.1. The monoisotopic (exact) mass is 370 g/mol. The van der Waals surface area contributed by atoms with Crippen molar-refractivity contribution in [2.24, 2.45) is 0 Å². The number of nitrogens with one attached hydrogen (secondary N) is 2. The van der Waals surface area contributed by atoms with Gasteiger partial charge in [-0.25, -0.2) is 0 Å². The molecule has 0 aliphatic heterocycles. The minimum atomic E-state index is -0.407. The van der Waals surface area contributed by atoms with Gasteiger partial charge < -0.3 is 5.32 Å². The van der Waals surface area contributed by atoms with E-state index >= 15 is 0 Å². The normalized spacial score (nSPS) is 13.4. The first-order valence-corrected chi connectivity index (χ1v) is 8.28. The lowest BCUT2D eigenvalue weighted by Gasteiger charge is -2.20. The highest BCUT2D eigenvalue weighted by Crippen LogP contribution is 2.32. The molecule has 0 radical (unpaired) electrons. The molecule has 0 spiro atoms. The number of hydrogen-bond donors (Lipinski definition) is 2. The van der Waals surface area contributed by atoms with Crippen molar-refractivity contribution in [1.82, 2.24) is 5.32 Å². The summed E-state index contributed by atoms with van der Waals surface area (Å²) in [7, 11) is 0. The van der Waals surface area contributed by atoms with Crippen LogP contribution in [0.3, 0.4) is 0 Å². The fraction of sp³-hybridized carbons (Fsp3) is 0.235. The smallest absolute Gasteiger partial charge is 0.241 e. The lowest BCUT2D eigenvalue weighted by Crippen LogP contribution is -2.39. The summed E-state index contributed by atoms with van der Waals surface area (Å²) in [6, 6.07) is 12.6. The highest BCUT2D eigenvalue weighted by atomic mass is 35.5. The maximum absolute atomic E-state index is 12.3. The fourth-order valence-electron chi connectivity index (χ4n) is 2.15. The summed E-state index contributed by atoms with van der Waals surface area (Å²) in [5.74, 6) is -0.201. The summed E-state index contributed by atoms with van der Waals surface area (Å²) in [6.07, 6.45) is 0. The second-order valence-corrected chi connectivity index (χ2v) is 6.48. The standard InChI is InChI=1S/C17H17Cl3N2O/c1-10(12-6-4-3-5-7-12)21-11(2)17(23)22-16-9-14(19)13(18)8-15(16)20/h3-11,21H,1-2H3,(H,22,23)/t10-,11+/m1/s1. The molecule has 0 bridgehead atoms. The van der Waals surface area contributed by atoms with Crippen LogP contribution in [0.25, 0.3) is 0 Å². The van der Waals surface area contributed by atoms with Crippen molar-refractivity contribution in [3.8, 4) is 0 Å². The molecule has 6 heteroatoms. The fourth-order valence-corrected chi connectivity index (χ4v) is 2.74. The van der Waals surface area contributed by atoms with Gasteiger partial charge in [-0.3, -0.25) is 10.1 Å². The average molecular weight is 372 g/mol. The van der Waals surface area contributed by atoms with Crippen molar-refractivity contribution < 1.29 is 4.79 Å². The lowest BCUT2D eigenvalue weighted by molar-refractivity contribution is -0.117. The van der Waals surface area contributed by atoms with Crippen molar-refractivity contribution in [3.05, 3.63) is 63.1 Å². The molecule has 23 heavy (non-hydrogen) atoms. The molecule has 0 saturated heterocycles. The van der Waals surface area contributed by atoms with Crippen molar-refractivity contribution in [2.75, 3.05) is 5.32 Å². The van der Waals surface area contributed by atoms with Crippen LogP contribution in [0.1, 0.15) is 25.5 Å². The molecule has 1 amide bonds. The molecule has 0 unspecified atom stereocenters. The number of hydrogen-bond acceptors (Lipinski definition) is 2. The number of anilines is 1. The Morgan fingerprint density at radius 3 is 2.22 bits per heavy atom. The third kappa shape index (κ3) is 4.85. The summed E-state index contributed by atoms with van der Waals surface area (Å²) in [5, 5.41) is 7.03. The number of halogens is 3. The van der Waals surface area contributed by atoms with Crippen molar-refractivity contribution in [3.63, 3.8) is 0 Å². The number of amides is 1. The highest BCUT2D eigenvalue weighted by molar-refractivity contribution is 6.44. The SMILES string of the molecule is C[C@H](N[C@H](C)c1ccccc1)C(=O)Nc1cc(Cl)c(Cl)cc1Cl. The molecule has 0 aliphatic rings. The van der Waals surface area contributed by atoms with Crippen molar-refractivity contribution >= 4 is 46.4 Å². The van der Waals surface area contributed by atoms with Gasteiger partial charge in [0.1, 0.15) is 0 Å². The Hall–Kier alpha value is -1.26. The van der Waals surface area contributed by atoms with Gasteiger partial charge in [-0.15, -0.1) is 0 Å². The number of benzene rings is 2. The van der Waals surface area contributed by atoms with Crippen LogP contribution in [0.4, 0.5) is 5.69 Å². The lowest BCUT2D eigenvalue weighted by atomic mass is 10.1. The Bertz CT molecular complexity index is 692. The Kier molecular flexibility index (Phi) is 6.31. The highest BCUT2D eigenvalue weighted by Gasteiger charge is 2.18. The van der Waals surface area contributed by atoms with Crippen LogP contribution in [0.15, 0.2) is 42.5 Å². The molecule has 2 aromatic carbocycles. The molecule has 2 atom stereocenters. The summed E-state index contributed by atoms with van der Waals surface area (Å²) < 4.78 is 0. The Labute approximate surface area is 150 Å². The third-order valence-corrected chi connectivity index (χ3v) is 4.50. The van der Waals surface area contributed by atoms with Crippen molar-refractivity contribution in [2.45, 2.75) is 25.9 Å². The van der Waals surface area contributed by atoms with Gasteiger partial charge in [-0.05, 0) is 31.5 Å². The Morgan fingerprint density at radius 2 is 1.57 bits per heavy atom. The predicted octanol–water partition coefficient (Wildman–Crippen LogP) is 5.32. The second kappa shape index (κ2) is 8.02. The molecule has 0 fully saturated rings. The van der Waals surface area contributed by atoms with Crippen LogP contribution in [0, 0.1) is 0 Å². The van der Waals surface area contributed by atoms with E-state index in [2.05, 4.69) is 10.6 Å². The molecule has 122 valence electrons. The van der Waals surface area contributed by atoms with Gasteiger partial charge in [-0.2, -0.15) is 0 Å². The van der Waals surface area contributed by atoms with E-state index in [1.165, 1.54) is 12.1 Å². The van der Waals surface area contributed by atoms with E-state index in [0.29, 0.717) is 20.8 Å². The second-order valence-electron chi connectivity index (χ2n) is 5.26. The van der Waals surface area contributed by atoms with Gasteiger partial charge in [0.05, 0.1) is 26.8 Å². The van der Waals surface area contributed by atoms with Crippen LogP contribution >= 0.6 is 34.8 Å². The van der Waals surface area contributed by atoms with Crippen LogP contribution in [-0.2, 0) is 4.79 Å². The molecular formula is C17H17Cl3N2O. The van der Waals surface area contributed by atoms with Gasteiger partial charge in [-0.1, -0.05) is 65.1 Å². The zero-order chi connectivity index (χ0) is 17.0. The van der Waals surface area contributed by atoms with E-state index in [0.717, 1.165) is 5.56 Å². The van der Waals surface area contributed by atoms with E-state index in [9.17, 15) is 4.79 Å². The average Bonchev–Trinajstić information content (AvgIpc) is 2.53. The first-order chi connectivity index (χ1) is 10.9. The van der Waals surface area contributed by atoms with Crippen LogP contribution < -0.4 is 10.6 Å². The Balaban J connectivity index is 2.02. The van der Waals surface area contributed by atoms with Crippen LogP contribution in [0.2, 0.25) is 15.1 Å². The van der Waals surface area contributed by atoms with Gasteiger partial charge in [0.2, 0.25) is 5.91 Å². The van der Waals surface area contributed by atoms with Crippen LogP contribution in [0.5, 0.6) is 0 Å². The van der Waals surface area contributed by atoms with Gasteiger partial charge in [0.15, 0.2) is 0 Å². The molecule has 0 aromatic heterocycles. The topological polar surface area (TPSA) is 41.1 Å². The summed E-state index contributed by atoms with van der Waals surface area (Å²) in [5.41, 5.74) is 1.55. The van der Waals surface area contributed by atoms with E-state index in [1.807, 2.05) is 37.3 Å². The van der Waals surface area contributed by atoms with Gasteiger partial charge in [0, 0.05) is 6.04 Å². The van der Waals surface area contributed by atoms with E-state index in [4.69, 9.17) is 34.8 Å². The van der Waals surface area contributed by atoms with E-state index in [1.54, 1.807) is 6.92 Å². The molecule has 0 heterocycles. The van der Waals surface area contributed by atoms with E-state index in [-0.39, 0.29) is 11.9 Å². The molecule has 2 N–H and O–H groups in total. The number of carbonyl (C=O) groups is 1. The summed E-state index contributed by atoms with van der Waals surface area (Å²) in [4.78, 5) is 12.3. The zero-order valence-electron chi connectivity index (χ0n) is 12.7. The molecule has 0 saturated carbocycles. The molecular weight excluding hydrogens is 355 g/mol. The number of rotatable bonds is 5. The predicted molar refractivity (Wildman–Crippen MR) is 97.6 cm³/mol. The zero-order valence-corrected chi connectivity index (χ0v) is 15.0. The first-order valence-electron chi connectivity index (χ1n) is 7.15. The summed E-state index contributed by atoms with van der Waals surface area (Å²) >= 11 is 17.9. The third-order valence-electron chi connectivity index (χ3n) is 3.46. The molecule has 0 aliphatic carbocycles. The van der Waals surface area contributed by atoms with Crippen molar-refractivity contribution in [1.29, 1.82) is 0 Å². The maximum atomic E-state index is 12.3. The van der Waals surface area contributed by atoms with E-state index < -0.39 is 6.04 Å². The minimum Gasteiger partial charge on any atom is -0.323 e. The Morgan fingerprint density at radius 1 is 0.957 bits per heavy atom. The van der Waals surface area contributed by atoms with Gasteiger partial charge in [0.25, 0.3) is 0 Å². The molecule has 3 nitrogen and oxygen atoms in total. The number of carbonyl (C=O) groups excluding carboxylic acids is 1. The summed E-state index contributed by atoms with van der Waals surface area (Å²) in [6.45, 7) is 3.80. The van der Waals surface area contributed by atoms with Crippen LogP contribution in [-0.4, -0.2) is 11.9 Å².